The Morgan fingerprint density at radius 1 is 1.12 bits per heavy atom. The number of rotatable bonds is 7. The predicted octanol–water partition coefficient (Wildman–Crippen LogP) is 2.55. The molecular weight excluding hydrogens is 370 g/mol. The number of hydrogen-bond acceptors (Lipinski definition) is 4. The van der Waals surface area contributed by atoms with Gasteiger partial charge in [-0.25, -0.2) is 4.98 Å². The number of carbonyl (C=O) groups is 1. The van der Waals surface area contributed by atoms with Gasteiger partial charge in [-0.1, -0.05) is 11.6 Å². The lowest BCUT2D eigenvalue weighted by atomic mass is 10.2. The maximum atomic E-state index is 12.0. The Labute approximate surface area is 163 Å². The Hall–Kier alpha value is -2.12. The number of hydrogen-bond donors (Lipinski definition) is 3. The largest absolute Gasteiger partial charge is 0.356 e. The maximum Gasteiger partial charge on any atom is 0.251 e. The minimum atomic E-state index is -0.124. The number of guanidine groups is 1. The highest BCUT2D eigenvalue weighted by Crippen LogP contribution is 2.16. The van der Waals surface area contributed by atoms with Crippen LogP contribution in [0.1, 0.15) is 25.9 Å². The van der Waals surface area contributed by atoms with Crippen LogP contribution in [-0.4, -0.2) is 43.5 Å². The van der Waals surface area contributed by atoms with Crippen molar-refractivity contribution >= 4 is 34.8 Å². The van der Waals surface area contributed by atoms with Crippen LogP contribution in [0, 0.1) is 13.8 Å². The summed E-state index contributed by atoms with van der Waals surface area (Å²) in [7, 11) is 1.72. The summed E-state index contributed by atoms with van der Waals surface area (Å²) < 4.78 is 0. The fourth-order valence-electron chi connectivity index (χ4n) is 2.21. The second kappa shape index (κ2) is 10.1. The van der Waals surface area contributed by atoms with E-state index in [1.807, 2.05) is 6.92 Å². The monoisotopic (exact) mass is 393 g/mol. The van der Waals surface area contributed by atoms with E-state index in [0.717, 1.165) is 23.7 Å². The zero-order valence-electron chi connectivity index (χ0n) is 15.2. The third-order valence-corrected chi connectivity index (χ3v) is 5.12. The minimum absolute atomic E-state index is 0.124. The van der Waals surface area contributed by atoms with Crippen molar-refractivity contribution < 1.29 is 4.79 Å². The van der Waals surface area contributed by atoms with Crippen LogP contribution in [0.25, 0.3) is 0 Å². The second-order valence-corrected chi connectivity index (χ2v) is 7.41. The molecule has 26 heavy (non-hydrogen) atoms. The van der Waals surface area contributed by atoms with Crippen LogP contribution in [0.4, 0.5) is 0 Å². The summed E-state index contributed by atoms with van der Waals surface area (Å²) in [6.45, 7) is 5.94. The molecule has 0 saturated carbocycles. The Morgan fingerprint density at radius 3 is 2.38 bits per heavy atom. The first-order chi connectivity index (χ1) is 12.5. The molecule has 0 aliphatic heterocycles. The van der Waals surface area contributed by atoms with Gasteiger partial charge in [0.2, 0.25) is 0 Å². The summed E-state index contributed by atoms with van der Waals surface area (Å²) in [4.78, 5) is 22.0. The first-order valence-electron chi connectivity index (χ1n) is 8.40. The number of nitrogens with zero attached hydrogens (tertiary/aromatic N) is 2. The molecule has 0 saturated heterocycles. The topological polar surface area (TPSA) is 78.4 Å². The molecule has 0 aliphatic carbocycles. The maximum absolute atomic E-state index is 12.0. The van der Waals surface area contributed by atoms with Gasteiger partial charge in [0.1, 0.15) is 0 Å². The summed E-state index contributed by atoms with van der Waals surface area (Å²) in [5.41, 5.74) is 1.69. The molecule has 1 aromatic carbocycles. The van der Waals surface area contributed by atoms with Crippen molar-refractivity contribution in [2.45, 2.75) is 20.3 Å². The van der Waals surface area contributed by atoms with Crippen molar-refractivity contribution in [3.05, 3.63) is 50.4 Å². The first-order valence-corrected chi connectivity index (χ1v) is 9.60. The summed E-state index contributed by atoms with van der Waals surface area (Å²) in [6.07, 6.45) is 0.855. The van der Waals surface area contributed by atoms with Gasteiger partial charge in [0.15, 0.2) is 5.96 Å². The van der Waals surface area contributed by atoms with E-state index in [1.54, 1.807) is 42.6 Å². The summed E-state index contributed by atoms with van der Waals surface area (Å²) in [5, 5.41) is 11.0. The molecule has 0 radical (unpaired) electrons. The van der Waals surface area contributed by atoms with Crippen LogP contribution in [-0.2, 0) is 6.42 Å². The molecule has 0 aliphatic rings. The van der Waals surface area contributed by atoms with Gasteiger partial charge < -0.3 is 16.0 Å². The molecule has 1 aromatic heterocycles. The highest BCUT2D eigenvalue weighted by molar-refractivity contribution is 7.11. The second-order valence-electron chi connectivity index (χ2n) is 5.69. The zero-order valence-corrected chi connectivity index (χ0v) is 16.8. The average Bonchev–Trinajstić information content (AvgIpc) is 2.95. The standard InChI is InChI=1S/C18H24ClN5OS/c1-12-13(2)26-16(24-12)8-9-22-18(20-3)23-11-10-21-17(25)14-4-6-15(19)7-5-14/h4-7H,8-11H2,1-3H3,(H,21,25)(H2,20,22,23). The summed E-state index contributed by atoms with van der Waals surface area (Å²) in [6, 6.07) is 6.80. The molecule has 2 rings (SSSR count). The van der Waals surface area contributed by atoms with E-state index in [-0.39, 0.29) is 5.91 Å². The molecule has 2 aromatic rings. The van der Waals surface area contributed by atoms with Gasteiger partial charge in [-0.15, -0.1) is 11.3 Å². The van der Waals surface area contributed by atoms with Crippen molar-refractivity contribution in [2.75, 3.05) is 26.7 Å². The molecule has 0 unspecified atom stereocenters. The van der Waals surface area contributed by atoms with E-state index in [9.17, 15) is 4.79 Å². The Kier molecular flexibility index (Phi) is 7.87. The first kappa shape index (κ1) is 20.2. The average molecular weight is 394 g/mol. The van der Waals surface area contributed by atoms with Crippen LogP contribution in [0.15, 0.2) is 29.3 Å². The van der Waals surface area contributed by atoms with Crippen molar-refractivity contribution in [1.29, 1.82) is 0 Å². The quantitative estimate of drug-likeness (QED) is 0.384. The Bertz CT molecular complexity index is 738. The Balaban J connectivity index is 1.65. The molecule has 0 bridgehead atoms. The van der Waals surface area contributed by atoms with Gasteiger partial charge in [-0.3, -0.25) is 9.79 Å². The van der Waals surface area contributed by atoms with Gasteiger partial charge >= 0.3 is 0 Å². The number of carbonyl (C=O) groups excluding carboxylic acids is 1. The van der Waals surface area contributed by atoms with Crippen LogP contribution in [0.3, 0.4) is 0 Å². The number of aryl methyl sites for hydroxylation is 2. The number of halogens is 1. The van der Waals surface area contributed by atoms with Gasteiger partial charge in [-0.2, -0.15) is 0 Å². The fraction of sp³-hybridized carbons (Fsp3) is 0.389. The van der Waals surface area contributed by atoms with Crippen molar-refractivity contribution in [3.63, 3.8) is 0 Å². The van der Waals surface area contributed by atoms with E-state index in [0.29, 0.717) is 29.6 Å². The lowest BCUT2D eigenvalue weighted by Crippen LogP contribution is -2.42. The molecule has 0 atom stereocenters. The molecular formula is C18H24ClN5OS. The molecule has 3 N–H and O–H groups in total. The molecule has 1 heterocycles. The summed E-state index contributed by atoms with van der Waals surface area (Å²) in [5.74, 6) is 0.580. The molecule has 0 spiro atoms. The van der Waals surface area contributed by atoms with E-state index < -0.39 is 0 Å². The van der Waals surface area contributed by atoms with E-state index in [4.69, 9.17) is 11.6 Å². The van der Waals surface area contributed by atoms with Crippen molar-refractivity contribution in [2.24, 2.45) is 4.99 Å². The number of benzene rings is 1. The number of nitrogens with one attached hydrogen (secondary N) is 3. The van der Waals surface area contributed by atoms with E-state index in [2.05, 4.69) is 32.9 Å². The molecule has 0 fully saturated rings. The van der Waals surface area contributed by atoms with Crippen molar-refractivity contribution in [3.8, 4) is 0 Å². The number of aliphatic imine (C=N–C) groups is 1. The molecule has 8 heteroatoms. The van der Waals surface area contributed by atoms with E-state index in [1.165, 1.54) is 4.88 Å². The SMILES string of the molecule is CN=C(NCCNC(=O)c1ccc(Cl)cc1)NCCc1nc(C)c(C)s1. The number of amides is 1. The molecule has 6 nitrogen and oxygen atoms in total. The Morgan fingerprint density at radius 2 is 1.77 bits per heavy atom. The highest BCUT2D eigenvalue weighted by Gasteiger charge is 2.06. The van der Waals surface area contributed by atoms with Gasteiger partial charge in [0, 0.05) is 48.6 Å². The van der Waals surface area contributed by atoms with Crippen LogP contribution < -0.4 is 16.0 Å². The zero-order chi connectivity index (χ0) is 18.9. The van der Waals surface area contributed by atoms with Crippen LogP contribution >= 0.6 is 22.9 Å². The molecule has 1 amide bonds. The van der Waals surface area contributed by atoms with Gasteiger partial charge in [0.25, 0.3) is 5.91 Å². The van der Waals surface area contributed by atoms with Gasteiger partial charge in [0.05, 0.1) is 10.7 Å². The summed E-state index contributed by atoms with van der Waals surface area (Å²) >= 11 is 7.55. The molecule has 140 valence electrons. The minimum Gasteiger partial charge on any atom is -0.356 e. The predicted molar refractivity (Wildman–Crippen MR) is 108 cm³/mol. The smallest absolute Gasteiger partial charge is 0.251 e. The highest BCUT2D eigenvalue weighted by atomic mass is 35.5. The normalized spacial score (nSPS) is 11.3. The number of aromatic nitrogens is 1. The number of thiazole rings is 1. The third-order valence-electron chi connectivity index (χ3n) is 3.74. The van der Waals surface area contributed by atoms with E-state index >= 15 is 0 Å². The van der Waals surface area contributed by atoms with Crippen LogP contribution in [0.2, 0.25) is 5.02 Å². The van der Waals surface area contributed by atoms with Crippen LogP contribution in [0.5, 0.6) is 0 Å². The van der Waals surface area contributed by atoms with Gasteiger partial charge in [-0.05, 0) is 38.1 Å². The third kappa shape index (κ3) is 6.31. The fourth-order valence-corrected chi connectivity index (χ4v) is 3.27. The lowest BCUT2D eigenvalue weighted by Gasteiger charge is -2.12. The lowest BCUT2D eigenvalue weighted by molar-refractivity contribution is 0.0954. The van der Waals surface area contributed by atoms with Crippen molar-refractivity contribution in [1.82, 2.24) is 20.9 Å².